The van der Waals surface area contributed by atoms with Gasteiger partial charge in [0.25, 0.3) is 0 Å². The molecule has 3 N–H and O–H groups in total. The summed E-state index contributed by atoms with van der Waals surface area (Å²) in [5.41, 5.74) is 4.49. The normalized spacial score (nSPS) is 11.6. The summed E-state index contributed by atoms with van der Waals surface area (Å²) < 4.78 is 29.7. The number of fused-ring (bicyclic) bond motifs is 2. The highest BCUT2D eigenvalue weighted by Crippen LogP contribution is 2.34. The molecule has 1 aromatic carbocycles. The van der Waals surface area contributed by atoms with Crippen LogP contribution in [0, 0.1) is 11.6 Å². The van der Waals surface area contributed by atoms with Crippen LogP contribution in [0.3, 0.4) is 0 Å². The first-order valence-electron chi connectivity index (χ1n) is 11.3. The lowest BCUT2D eigenvalue weighted by Crippen LogP contribution is -2.09. The summed E-state index contributed by atoms with van der Waals surface area (Å²) in [5.74, 6) is -0.556. The minimum Gasteiger partial charge on any atom is -0.382 e. The van der Waals surface area contributed by atoms with Crippen LogP contribution < -0.4 is 5.32 Å². The van der Waals surface area contributed by atoms with Gasteiger partial charge in [0, 0.05) is 35.8 Å². The number of benzene rings is 1. The summed E-state index contributed by atoms with van der Waals surface area (Å²) >= 11 is 0. The standard InChI is InChI=1S/C26H20F2N8/c1-13(2)32-17-9-15(10-29-11-17)22-21(28)20-19(12-31-22)35-36-25(20)26-33-18-6-7-30-23(24(18)34-26)14-4-3-5-16(27)8-14/h3-13,32H,1-2H3,(H,33,34)(H,35,36). The summed E-state index contributed by atoms with van der Waals surface area (Å²) in [7, 11) is 0. The van der Waals surface area contributed by atoms with E-state index >= 15 is 4.39 Å². The molecule has 0 aliphatic rings. The first-order valence-corrected chi connectivity index (χ1v) is 11.3. The molecule has 0 fully saturated rings. The maximum absolute atomic E-state index is 15.9. The van der Waals surface area contributed by atoms with Gasteiger partial charge in [-0.15, -0.1) is 0 Å². The molecule has 10 heteroatoms. The van der Waals surface area contributed by atoms with Gasteiger partial charge in [0.05, 0.1) is 34.0 Å². The molecule has 178 valence electrons. The molecular weight excluding hydrogens is 462 g/mol. The van der Waals surface area contributed by atoms with Gasteiger partial charge in [-0.1, -0.05) is 12.1 Å². The molecule has 8 nitrogen and oxygen atoms in total. The lowest BCUT2D eigenvalue weighted by molar-refractivity contribution is 0.628. The maximum Gasteiger partial charge on any atom is 0.161 e. The number of aromatic nitrogens is 7. The molecule has 0 amide bonds. The smallest absolute Gasteiger partial charge is 0.161 e. The third kappa shape index (κ3) is 3.72. The number of nitrogens with one attached hydrogen (secondary N) is 3. The number of imidazole rings is 1. The van der Waals surface area contributed by atoms with Gasteiger partial charge < -0.3 is 10.3 Å². The van der Waals surface area contributed by atoms with Crippen molar-refractivity contribution >= 4 is 27.6 Å². The number of rotatable bonds is 5. The second-order valence-corrected chi connectivity index (χ2v) is 8.69. The average molecular weight is 482 g/mol. The predicted molar refractivity (Wildman–Crippen MR) is 134 cm³/mol. The number of hydrogen-bond acceptors (Lipinski definition) is 6. The molecule has 5 aromatic heterocycles. The van der Waals surface area contributed by atoms with Gasteiger partial charge >= 0.3 is 0 Å². The Morgan fingerprint density at radius 1 is 0.889 bits per heavy atom. The molecule has 5 heterocycles. The molecule has 0 spiro atoms. The van der Waals surface area contributed by atoms with Crippen LogP contribution >= 0.6 is 0 Å². The molecule has 6 rings (SSSR count). The Kier molecular flexibility index (Phi) is 5.14. The second kappa shape index (κ2) is 8.49. The van der Waals surface area contributed by atoms with Crippen LogP contribution in [0.4, 0.5) is 14.5 Å². The summed E-state index contributed by atoms with van der Waals surface area (Å²) in [4.78, 5) is 20.8. The fraction of sp³-hybridized carbons (Fsp3) is 0.115. The lowest BCUT2D eigenvalue weighted by Gasteiger charge is -2.11. The number of pyridine rings is 3. The van der Waals surface area contributed by atoms with E-state index < -0.39 is 5.82 Å². The minimum absolute atomic E-state index is 0.156. The highest BCUT2D eigenvalue weighted by molar-refractivity contribution is 5.97. The maximum atomic E-state index is 15.9. The third-order valence-electron chi connectivity index (χ3n) is 5.73. The molecule has 36 heavy (non-hydrogen) atoms. The van der Waals surface area contributed by atoms with Crippen molar-refractivity contribution in [3.8, 4) is 34.0 Å². The number of aromatic amines is 2. The van der Waals surface area contributed by atoms with Crippen LogP contribution in [0.15, 0.2) is 61.2 Å². The Labute approximate surface area is 203 Å². The van der Waals surface area contributed by atoms with Crippen molar-refractivity contribution in [2.24, 2.45) is 0 Å². The average Bonchev–Trinajstić information content (AvgIpc) is 3.48. The van der Waals surface area contributed by atoms with Crippen molar-refractivity contribution in [3.05, 3.63) is 72.8 Å². The number of halogens is 2. The molecule has 0 radical (unpaired) electrons. The van der Waals surface area contributed by atoms with E-state index in [1.165, 1.54) is 18.3 Å². The SMILES string of the molecule is CC(C)Nc1cncc(-c2ncc3[nH]nc(-c4nc5c(-c6cccc(F)c6)nccc5[nH]4)c3c2F)c1. The van der Waals surface area contributed by atoms with Gasteiger partial charge in [-0.2, -0.15) is 5.10 Å². The Bertz CT molecular complexity index is 1740. The van der Waals surface area contributed by atoms with E-state index in [2.05, 4.69) is 40.4 Å². The van der Waals surface area contributed by atoms with E-state index in [9.17, 15) is 4.39 Å². The van der Waals surface area contributed by atoms with Crippen LogP contribution in [0.5, 0.6) is 0 Å². The van der Waals surface area contributed by atoms with Crippen molar-refractivity contribution in [3.63, 3.8) is 0 Å². The molecule has 0 aliphatic heterocycles. The number of H-pyrrole nitrogens is 2. The zero-order valence-corrected chi connectivity index (χ0v) is 19.3. The van der Waals surface area contributed by atoms with Gasteiger partial charge in [0.15, 0.2) is 11.6 Å². The van der Waals surface area contributed by atoms with Crippen molar-refractivity contribution in [1.82, 2.24) is 35.1 Å². The van der Waals surface area contributed by atoms with Crippen LogP contribution in [0.1, 0.15) is 13.8 Å². The molecule has 0 atom stereocenters. The Morgan fingerprint density at radius 2 is 1.78 bits per heavy atom. The number of nitrogens with zero attached hydrogens (tertiary/aromatic N) is 5. The zero-order chi connectivity index (χ0) is 24.8. The summed E-state index contributed by atoms with van der Waals surface area (Å²) in [6.07, 6.45) is 6.40. The van der Waals surface area contributed by atoms with E-state index in [0.29, 0.717) is 44.9 Å². The first-order chi connectivity index (χ1) is 17.5. The molecule has 0 saturated heterocycles. The van der Waals surface area contributed by atoms with Crippen molar-refractivity contribution in [2.75, 3.05) is 5.32 Å². The fourth-order valence-electron chi connectivity index (χ4n) is 4.22. The van der Waals surface area contributed by atoms with E-state index in [4.69, 9.17) is 0 Å². The predicted octanol–water partition coefficient (Wildman–Crippen LogP) is 5.72. The highest BCUT2D eigenvalue weighted by atomic mass is 19.1. The summed E-state index contributed by atoms with van der Waals surface area (Å²) in [5, 5.41) is 10.7. The third-order valence-corrected chi connectivity index (χ3v) is 5.73. The van der Waals surface area contributed by atoms with Crippen LogP contribution in [0.2, 0.25) is 0 Å². The number of anilines is 1. The first kappa shape index (κ1) is 21.8. The quantitative estimate of drug-likeness (QED) is 0.290. The van der Waals surface area contributed by atoms with E-state index in [1.807, 2.05) is 19.9 Å². The molecule has 0 saturated carbocycles. The topological polar surface area (TPSA) is 108 Å². The van der Waals surface area contributed by atoms with Gasteiger partial charge in [-0.25, -0.2) is 13.8 Å². The Balaban J connectivity index is 1.49. The lowest BCUT2D eigenvalue weighted by atomic mass is 10.1. The molecule has 6 aromatic rings. The molecule has 0 aliphatic carbocycles. The van der Waals surface area contributed by atoms with Crippen molar-refractivity contribution in [1.29, 1.82) is 0 Å². The van der Waals surface area contributed by atoms with Gasteiger partial charge in [0.1, 0.15) is 22.7 Å². The van der Waals surface area contributed by atoms with Crippen molar-refractivity contribution < 1.29 is 8.78 Å². The highest BCUT2D eigenvalue weighted by Gasteiger charge is 2.21. The minimum atomic E-state index is -0.538. The Morgan fingerprint density at radius 3 is 2.61 bits per heavy atom. The van der Waals surface area contributed by atoms with Crippen molar-refractivity contribution in [2.45, 2.75) is 19.9 Å². The molecule has 0 bridgehead atoms. The van der Waals surface area contributed by atoms with E-state index in [1.54, 1.807) is 36.8 Å². The summed E-state index contributed by atoms with van der Waals surface area (Å²) in [6.45, 7) is 4.02. The van der Waals surface area contributed by atoms with Gasteiger partial charge in [-0.05, 0) is 38.1 Å². The largest absolute Gasteiger partial charge is 0.382 e. The van der Waals surface area contributed by atoms with E-state index in [0.717, 1.165) is 5.69 Å². The van der Waals surface area contributed by atoms with Crippen LogP contribution in [-0.2, 0) is 0 Å². The second-order valence-electron chi connectivity index (χ2n) is 8.69. The molecule has 0 unspecified atom stereocenters. The summed E-state index contributed by atoms with van der Waals surface area (Å²) in [6, 6.07) is 9.90. The van der Waals surface area contributed by atoms with Gasteiger partial charge in [0.2, 0.25) is 0 Å². The zero-order valence-electron chi connectivity index (χ0n) is 19.3. The monoisotopic (exact) mass is 482 g/mol. The van der Waals surface area contributed by atoms with E-state index in [-0.39, 0.29) is 22.9 Å². The van der Waals surface area contributed by atoms with Crippen LogP contribution in [0.25, 0.3) is 56.0 Å². The van der Waals surface area contributed by atoms with Crippen LogP contribution in [-0.4, -0.2) is 41.2 Å². The van der Waals surface area contributed by atoms with Gasteiger partial charge in [-0.3, -0.25) is 20.1 Å². The Hall–Kier alpha value is -4.73. The molecular formula is C26H20F2N8. The fourth-order valence-corrected chi connectivity index (χ4v) is 4.22. The number of hydrogen-bond donors (Lipinski definition) is 3.